The summed E-state index contributed by atoms with van der Waals surface area (Å²) in [5.41, 5.74) is 0. The van der Waals surface area contributed by atoms with Crippen molar-refractivity contribution >= 4 is 11.6 Å². The van der Waals surface area contributed by atoms with Crippen molar-refractivity contribution in [2.75, 3.05) is 14.2 Å². The van der Waals surface area contributed by atoms with Crippen LogP contribution in [0.2, 0.25) is 0 Å². The SMILES string of the molecule is COC1(OC)CCC(Cl)(C(C)C)CC1. The third-order valence-electron chi connectivity index (χ3n) is 3.62. The van der Waals surface area contributed by atoms with Gasteiger partial charge in [-0.25, -0.2) is 0 Å². The largest absolute Gasteiger partial charge is 0.353 e. The second-order valence-corrected chi connectivity index (χ2v) is 5.26. The molecular formula is C11H21ClO2. The van der Waals surface area contributed by atoms with E-state index in [0.717, 1.165) is 25.7 Å². The molecule has 0 aromatic carbocycles. The molecule has 0 unspecified atom stereocenters. The van der Waals surface area contributed by atoms with Crippen LogP contribution in [0.3, 0.4) is 0 Å². The molecule has 0 amide bonds. The maximum atomic E-state index is 6.54. The minimum absolute atomic E-state index is 0.0550. The number of hydrogen-bond acceptors (Lipinski definition) is 2. The molecule has 0 aromatic heterocycles. The summed E-state index contributed by atoms with van der Waals surface area (Å²) in [7, 11) is 3.42. The molecule has 14 heavy (non-hydrogen) atoms. The van der Waals surface area contributed by atoms with Crippen molar-refractivity contribution in [2.24, 2.45) is 5.92 Å². The molecular weight excluding hydrogens is 200 g/mol. The van der Waals surface area contributed by atoms with E-state index in [1.165, 1.54) is 0 Å². The van der Waals surface area contributed by atoms with Crippen molar-refractivity contribution in [1.29, 1.82) is 0 Å². The molecule has 1 saturated carbocycles. The summed E-state index contributed by atoms with van der Waals surface area (Å²) in [6.45, 7) is 4.36. The Morgan fingerprint density at radius 3 is 1.71 bits per heavy atom. The second-order valence-electron chi connectivity index (χ2n) is 4.51. The van der Waals surface area contributed by atoms with E-state index >= 15 is 0 Å². The molecule has 0 radical (unpaired) electrons. The smallest absolute Gasteiger partial charge is 0.167 e. The number of hydrogen-bond donors (Lipinski definition) is 0. The van der Waals surface area contributed by atoms with Gasteiger partial charge in [-0.15, -0.1) is 11.6 Å². The Morgan fingerprint density at radius 1 is 1.00 bits per heavy atom. The Balaban J connectivity index is 2.60. The van der Waals surface area contributed by atoms with Crippen LogP contribution in [0.1, 0.15) is 39.5 Å². The third kappa shape index (κ3) is 2.23. The summed E-state index contributed by atoms with van der Waals surface area (Å²) < 4.78 is 10.8. The second kappa shape index (κ2) is 4.38. The monoisotopic (exact) mass is 220 g/mol. The molecule has 0 bridgehead atoms. The van der Waals surface area contributed by atoms with Gasteiger partial charge in [-0.2, -0.15) is 0 Å². The number of halogens is 1. The lowest BCUT2D eigenvalue weighted by Crippen LogP contribution is -2.44. The van der Waals surface area contributed by atoms with Gasteiger partial charge < -0.3 is 9.47 Å². The van der Waals surface area contributed by atoms with Gasteiger partial charge in [-0.3, -0.25) is 0 Å². The average Bonchev–Trinajstić information content (AvgIpc) is 2.20. The van der Waals surface area contributed by atoms with Crippen LogP contribution in [0.5, 0.6) is 0 Å². The average molecular weight is 221 g/mol. The molecule has 0 saturated heterocycles. The van der Waals surface area contributed by atoms with Gasteiger partial charge in [0.05, 0.1) is 0 Å². The fraction of sp³-hybridized carbons (Fsp3) is 1.00. The molecule has 1 fully saturated rings. The van der Waals surface area contributed by atoms with E-state index in [2.05, 4.69) is 13.8 Å². The summed E-state index contributed by atoms with van der Waals surface area (Å²) in [5, 5.41) is 0. The van der Waals surface area contributed by atoms with Crippen LogP contribution in [0.4, 0.5) is 0 Å². The highest BCUT2D eigenvalue weighted by molar-refractivity contribution is 6.24. The molecule has 1 aliphatic rings. The highest BCUT2D eigenvalue weighted by Gasteiger charge is 2.43. The van der Waals surface area contributed by atoms with Crippen LogP contribution in [0.15, 0.2) is 0 Å². The van der Waals surface area contributed by atoms with E-state index in [1.807, 2.05) is 0 Å². The van der Waals surface area contributed by atoms with E-state index in [1.54, 1.807) is 14.2 Å². The molecule has 1 rings (SSSR count). The maximum absolute atomic E-state index is 6.54. The highest BCUT2D eigenvalue weighted by Crippen LogP contribution is 2.44. The van der Waals surface area contributed by atoms with Crippen molar-refractivity contribution in [2.45, 2.75) is 50.2 Å². The lowest BCUT2D eigenvalue weighted by atomic mass is 9.78. The van der Waals surface area contributed by atoms with Gasteiger partial charge in [0.25, 0.3) is 0 Å². The number of ether oxygens (including phenoxy) is 2. The quantitative estimate of drug-likeness (QED) is 0.537. The van der Waals surface area contributed by atoms with E-state index in [-0.39, 0.29) is 10.7 Å². The fourth-order valence-electron chi connectivity index (χ4n) is 2.12. The molecule has 0 atom stereocenters. The van der Waals surface area contributed by atoms with Gasteiger partial charge in [0.15, 0.2) is 5.79 Å². The first-order valence-electron chi connectivity index (χ1n) is 5.27. The zero-order valence-electron chi connectivity index (χ0n) is 9.60. The Kier molecular flexibility index (Phi) is 3.84. The molecule has 0 heterocycles. The van der Waals surface area contributed by atoms with Crippen LogP contribution in [0, 0.1) is 5.92 Å². The summed E-state index contributed by atoms with van der Waals surface area (Å²) in [6, 6.07) is 0. The lowest BCUT2D eigenvalue weighted by molar-refractivity contribution is -0.227. The summed E-state index contributed by atoms with van der Waals surface area (Å²) in [4.78, 5) is -0.0550. The van der Waals surface area contributed by atoms with Crippen LogP contribution < -0.4 is 0 Å². The summed E-state index contributed by atoms with van der Waals surface area (Å²) in [5.74, 6) is 0.128. The van der Waals surface area contributed by atoms with Gasteiger partial charge >= 0.3 is 0 Å². The Bertz CT molecular complexity index is 172. The highest BCUT2D eigenvalue weighted by atomic mass is 35.5. The molecule has 0 aromatic rings. The summed E-state index contributed by atoms with van der Waals surface area (Å²) in [6.07, 6.45) is 3.71. The van der Waals surface area contributed by atoms with Gasteiger partial charge in [-0.05, 0) is 18.8 Å². The van der Waals surface area contributed by atoms with Gasteiger partial charge in [0, 0.05) is 31.9 Å². The van der Waals surface area contributed by atoms with E-state index in [9.17, 15) is 0 Å². The van der Waals surface area contributed by atoms with Gasteiger partial charge in [0.1, 0.15) is 0 Å². The van der Waals surface area contributed by atoms with Crippen molar-refractivity contribution in [3.63, 3.8) is 0 Å². The number of alkyl halides is 1. The van der Waals surface area contributed by atoms with Gasteiger partial charge in [-0.1, -0.05) is 13.8 Å². The third-order valence-corrected chi connectivity index (χ3v) is 4.44. The van der Waals surface area contributed by atoms with Crippen LogP contribution in [-0.4, -0.2) is 24.9 Å². The molecule has 3 heteroatoms. The van der Waals surface area contributed by atoms with Crippen molar-refractivity contribution in [3.8, 4) is 0 Å². The predicted octanol–water partition coefficient (Wildman–Crippen LogP) is 3.18. The zero-order chi connectivity index (χ0) is 10.8. The Labute approximate surface area is 91.9 Å². The normalized spacial score (nSPS) is 25.3. The number of rotatable bonds is 3. The zero-order valence-corrected chi connectivity index (χ0v) is 10.4. The Hall–Kier alpha value is 0.210. The topological polar surface area (TPSA) is 18.5 Å². The standard InChI is InChI=1S/C11H21ClO2/c1-9(2)10(12)5-7-11(13-3,14-4)8-6-10/h9H,5-8H2,1-4H3. The first-order valence-corrected chi connectivity index (χ1v) is 5.65. The van der Waals surface area contributed by atoms with E-state index in [0.29, 0.717) is 5.92 Å². The number of methoxy groups -OCH3 is 2. The van der Waals surface area contributed by atoms with Gasteiger partial charge in [0.2, 0.25) is 0 Å². The van der Waals surface area contributed by atoms with Crippen molar-refractivity contribution in [1.82, 2.24) is 0 Å². The van der Waals surface area contributed by atoms with E-state index in [4.69, 9.17) is 21.1 Å². The molecule has 84 valence electrons. The predicted molar refractivity (Wildman–Crippen MR) is 58.6 cm³/mol. The van der Waals surface area contributed by atoms with E-state index < -0.39 is 0 Å². The maximum Gasteiger partial charge on any atom is 0.167 e. The first-order chi connectivity index (χ1) is 6.48. The first kappa shape index (κ1) is 12.3. The molecule has 2 nitrogen and oxygen atoms in total. The fourth-order valence-corrected chi connectivity index (χ4v) is 2.30. The molecule has 1 aliphatic carbocycles. The summed E-state index contributed by atoms with van der Waals surface area (Å²) >= 11 is 6.54. The van der Waals surface area contributed by atoms with Crippen molar-refractivity contribution in [3.05, 3.63) is 0 Å². The van der Waals surface area contributed by atoms with Crippen LogP contribution >= 0.6 is 11.6 Å². The molecule has 0 aliphatic heterocycles. The van der Waals surface area contributed by atoms with Crippen LogP contribution in [0.25, 0.3) is 0 Å². The minimum Gasteiger partial charge on any atom is -0.353 e. The molecule has 0 spiro atoms. The lowest BCUT2D eigenvalue weighted by Gasteiger charge is -2.43. The Morgan fingerprint density at radius 2 is 1.43 bits per heavy atom. The molecule has 0 N–H and O–H groups in total. The minimum atomic E-state index is -0.382. The van der Waals surface area contributed by atoms with Crippen LogP contribution in [-0.2, 0) is 9.47 Å². The van der Waals surface area contributed by atoms with Crippen molar-refractivity contribution < 1.29 is 9.47 Å².